The Bertz CT molecular complexity index is 688. The second-order valence-electron chi connectivity index (χ2n) is 5.79. The Labute approximate surface area is 141 Å². The fourth-order valence-corrected chi connectivity index (χ4v) is 2.92. The number of ether oxygens (including phenoxy) is 1. The van der Waals surface area contributed by atoms with Gasteiger partial charge in [-0.25, -0.2) is 4.79 Å². The molecule has 2 aromatic carbocycles. The quantitative estimate of drug-likeness (QED) is 0.790. The Morgan fingerprint density at radius 3 is 2.79 bits per heavy atom. The lowest BCUT2D eigenvalue weighted by Crippen LogP contribution is -2.39. The summed E-state index contributed by atoms with van der Waals surface area (Å²) in [5.74, 6) is 0.932. The Hall–Kier alpha value is -2.53. The Kier molecular flexibility index (Phi) is 5.33. The smallest absolute Gasteiger partial charge is 0.315 e. The molecular formula is C19H22N2O3. The lowest BCUT2D eigenvalue weighted by Gasteiger charge is -2.23. The minimum Gasteiger partial charge on any atom is -0.493 e. The highest BCUT2D eigenvalue weighted by Gasteiger charge is 2.19. The molecule has 0 aromatic heterocycles. The number of nitrogens with one attached hydrogen (secondary N) is 2. The van der Waals surface area contributed by atoms with Crippen molar-refractivity contribution in [2.24, 2.45) is 0 Å². The van der Waals surface area contributed by atoms with Crippen molar-refractivity contribution in [3.63, 3.8) is 0 Å². The van der Waals surface area contributed by atoms with Crippen LogP contribution in [-0.2, 0) is 6.42 Å². The van der Waals surface area contributed by atoms with Gasteiger partial charge >= 0.3 is 6.03 Å². The number of amides is 2. The zero-order valence-corrected chi connectivity index (χ0v) is 13.5. The van der Waals surface area contributed by atoms with Gasteiger partial charge < -0.3 is 20.5 Å². The third-order valence-corrected chi connectivity index (χ3v) is 4.07. The first kappa shape index (κ1) is 16.3. The van der Waals surface area contributed by atoms with Crippen molar-refractivity contribution >= 4 is 6.03 Å². The summed E-state index contributed by atoms with van der Waals surface area (Å²) in [6.07, 6.45) is 2.00. The van der Waals surface area contributed by atoms with Gasteiger partial charge in [-0.15, -0.1) is 0 Å². The SMILES string of the molecule is O=C(NCCO)N[C@H](c1ccccc1)c1ccc2c(c1)CCCO2. The van der Waals surface area contributed by atoms with E-state index < -0.39 is 0 Å². The molecule has 5 nitrogen and oxygen atoms in total. The maximum absolute atomic E-state index is 12.1. The van der Waals surface area contributed by atoms with Crippen molar-refractivity contribution in [3.05, 3.63) is 65.2 Å². The zero-order valence-electron chi connectivity index (χ0n) is 13.5. The van der Waals surface area contributed by atoms with E-state index >= 15 is 0 Å². The van der Waals surface area contributed by atoms with Gasteiger partial charge in [0.2, 0.25) is 0 Å². The van der Waals surface area contributed by atoms with Crippen molar-refractivity contribution in [1.82, 2.24) is 10.6 Å². The number of aliphatic hydroxyl groups is 1. The minimum absolute atomic E-state index is 0.0837. The number of carbonyl (C=O) groups is 1. The molecule has 1 aliphatic rings. The molecule has 0 fully saturated rings. The number of hydrogen-bond donors (Lipinski definition) is 3. The number of aryl methyl sites for hydroxylation is 1. The molecule has 2 amide bonds. The molecule has 126 valence electrons. The molecule has 0 spiro atoms. The highest BCUT2D eigenvalue weighted by molar-refractivity contribution is 5.75. The summed E-state index contributed by atoms with van der Waals surface area (Å²) in [6, 6.07) is 15.4. The van der Waals surface area contributed by atoms with Gasteiger partial charge in [0.05, 0.1) is 19.3 Å². The monoisotopic (exact) mass is 326 g/mol. The van der Waals surface area contributed by atoms with Crippen LogP contribution in [0, 0.1) is 0 Å². The van der Waals surface area contributed by atoms with E-state index in [2.05, 4.69) is 16.7 Å². The molecule has 24 heavy (non-hydrogen) atoms. The third-order valence-electron chi connectivity index (χ3n) is 4.07. The maximum atomic E-state index is 12.1. The van der Waals surface area contributed by atoms with E-state index in [1.165, 1.54) is 5.56 Å². The largest absolute Gasteiger partial charge is 0.493 e. The average molecular weight is 326 g/mol. The third kappa shape index (κ3) is 3.86. The van der Waals surface area contributed by atoms with Crippen molar-refractivity contribution < 1.29 is 14.6 Å². The van der Waals surface area contributed by atoms with Crippen LogP contribution in [0.4, 0.5) is 4.79 Å². The second-order valence-corrected chi connectivity index (χ2v) is 5.79. The van der Waals surface area contributed by atoms with Crippen LogP contribution in [0.2, 0.25) is 0 Å². The number of carbonyl (C=O) groups excluding carboxylic acids is 1. The molecule has 3 N–H and O–H groups in total. The number of fused-ring (bicyclic) bond motifs is 1. The van der Waals surface area contributed by atoms with Crippen molar-refractivity contribution in [1.29, 1.82) is 0 Å². The Morgan fingerprint density at radius 2 is 2.00 bits per heavy atom. The molecule has 0 saturated carbocycles. The first-order chi connectivity index (χ1) is 11.8. The van der Waals surface area contributed by atoms with E-state index in [1.807, 2.05) is 42.5 Å². The molecule has 0 saturated heterocycles. The van der Waals surface area contributed by atoms with E-state index in [9.17, 15) is 4.79 Å². The fraction of sp³-hybridized carbons (Fsp3) is 0.316. The summed E-state index contributed by atoms with van der Waals surface area (Å²) in [5.41, 5.74) is 3.20. The lowest BCUT2D eigenvalue weighted by atomic mass is 9.95. The summed E-state index contributed by atoms with van der Waals surface area (Å²) in [5, 5.41) is 14.5. The van der Waals surface area contributed by atoms with Crippen LogP contribution in [0.25, 0.3) is 0 Å². The van der Waals surface area contributed by atoms with Crippen LogP contribution in [0.5, 0.6) is 5.75 Å². The van der Waals surface area contributed by atoms with Crippen LogP contribution in [-0.4, -0.2) is 30.9 Å². The van der Waals surface area contributed by atoms with Gasteiger partial charge in [-0.2, -0.15) is 0 Å². The van der Waals surface area contributed by atoms with E-state index in [0.717, 1.165) is 36.3 Å². The summed E-state index contributed by atoms with van der Waals surface area (Å²) in [6.45, 7) is 0.904. The molecule has 3 rings (SSSR count). The molecule has 1 aliphatic heterocycles. The molecule has 1 heterocycles. The zero-order chi connectivity index (χ0) is 16.8. The predicted molar refractivity (Wildman–Crippen MR) is 92.2 cm³/mol. The van der Waals surface area contributed by atoms with E-state index in [4.69, 9.17) is 9.84 Å². The lowest BCUT2D eigenvalue weighted by molar-refractivity contribution is 0.232. The van der Waals surface area contributed by atoms with Crippen LogP contribution in [0.3, 0.4) is 0 Å². The molecule has 2 aromatic rings. The summed E-state index contributed by atoms with van der Waals surface area (Å²) in [4.78, 5) is 12.1. The van der Waals surface area contributed by atoms with Gasteiger partial charge in [-0.3, -0.25) is 0 Å². The van der Waals surface area contributed by atoms with Crippen molar-refractivity contribution in [2.75, 3.05) is 19.8 Å². The van der Waals surface area contributed by atoms with Gasteiger partial charge in [-0.05, 0) is 41.7 Å². The normalized spacial score (nSPS) is 14.2. The van der Waals surface area contributed by atoms with E-state index in [-0.39, 0.29) is 25.2 Å². The first-order valence-corrected chi connectivity index (χ1v) is 8.24. The molecule has 5 heteroatoms. The standard InChI is InChI=1S/C19H22N2O3/c22-11-10-20-19(23)21-18(14-5-2-1-3-6-14)16-8-9-17-15(13-16)7-4-12-24-17/h1-3,5-6,8-9,13,18,22H,4,7,10-12H2,(H2,20,21,23)/t18-/m1/s1. The second kappa shape index (κ2) is 7.84. The molecule has 0 radical (unpaired) electrons. The van der Waals surface area contributed by atoms with Crippen molar-refractivity contribution in [3.8, 4) is 5.75 Å². The number of rotatable bonds is 5. The Morgan fingerprint density at radius 1 is 1.17 bits per heavy atom. The predicted octanol–water partition coefficient (Wildman–Crippen LogP) is 2.39. The van der Waals surface area contributed by atoms with Gasteiger partial charge in [-0.1, -0.05) is 36.4 Å². The maximum Gasteiger partial charge on any atom is 0.315 e. The molecule has 0 unspecified atom stereocenters. The van der Waals surface area contributed by atoms with Crippen LogP contribution in [0.15, 0.2) is 48.5 Å². The number of hydrogen-bond acceptors (Lipinski definition) is 3. The molecule has 1 atom stereocenters. The van der Waals surface area contributed by atoms with Crippen molar-refractivity contribution in [2.45, 2.75) is 18.9 Å². The van der Waals surface area contributed by atoms with Gasteiger partial charge in [0.1, 0.15) is 5.75 Å². The fourth-order valence-electron chi connectivity index (χ4n) is 2.92. The Balaban J connectivity index is 1.88. The summed E-state index contributed by atoms with van der Waals surface area (Å²) >= 11 is 0. The van der Waals surface area contributed by atoms with Gasteiger partial charge in [0, 0.05) is 6.54 Å². The number of benzene rings is 2. The average Bonchev–Trinajstić information content (AvgIpc) is 2.64. The first-order valence-electron chi connectivity index (χ1n) is 8.24. The molecule has 0 aliphatic carbocycles. The molecule has 0 bridgehead atoms. The van der Waals surface area contributed by atoms with E-state index in [1.54, 1.807) is 0 Å². The number of aliphatic hydroxyl groups excluding tert-OH is 1. The topological polar surface area (TPSA) is 70.6 Å². The van der Waals surface area contributed by atoms with E-state index in [0.29, 0.717) is 0 Å². The highest BCUT2D eigenvalue weighted by atomic mass is 16.5. The molecular weight excluding hydrogens is 304 g/mol. The van der Waals surface area contributed by atoms with Crippen LogP contribution in [0.1, 0.15) is 29.2 Å². The summed E-state index contributed by atoms with van der Waals surface area (Å²) in [7, 11) is 0. The summed E-state index contributed by atoms with van der Waals surface area (Å²) < 4.78 is 5.67. The number of urea groups is 1. The van der Waals surface area contributed by atoms with Crippen LogP contribution >= 0.6 is 0 Å². The van der Waals surface area contributed by atoms with Crippen LogP contribution < -0.4 is 15.4 Å². The highest BCUT2D eigenvalue weighted by Crippen LogP contribution is 2.30. The van der Waals surface area contributed by atoms with Gasteiger partial charge in [0.15, 0.2) is 0 Å². The van der Waals surface area contributed by atoms with Gasteiger partial charge in [0.25, 0.3) is 0 Å². The minimum atomic E-state index is -0.299.